The van der Waals surface area contributed by atoms with Crippen LogP contribution in [0.4, 0.5) is 5.82 Å². The molecule has 0 aliphatic carbocycles. The van der Waals surface area contributed by atoms with E-state index >= 15 is 0 Å². The normalized spacial score (nSPS) is 10.6. The molecule has 0 radical (unpaired) electrons. The summed E-state index contributed by atoms with van der Waals surface area (Å²) in [6.45, 7) is 1.90. The van der Waals surface area contributed by atoms with Gasteiger partial charge in [-0.25, -0.2) is 4.68 Å². The Kier molecular flexibility index (Phi) is 5.88. The molecule has 2 heterocycles. The fourth-order valence-electron chi connectivity index (χ4n) is 2.32. The van der Waals surface area contributed by atoms with Gasteiger partial charge < -0.3 is 5.32 Å². The Labute approximate surface area is 159 Å². The Morgan fingerprint density at radius 2 is 2.16 bits per heavy atom. The van der Waals surface area contributed by atoms with Crippen molar-refractivity contribution >= 4 is 39.4 Å². The van der Waals surface area contributed by atoms with Crippen LogP contribution < -0.4 is 5.32 Å². The summed E-state index contributed by atoms with van der Waals surface area (Å²) in [5.74, 6) is 1.75. The maximum Gasteiger partial charge on any atom is 0.235 e. The van der Waals surface area contributed by atoms with Crippen molar-refractivity contribution in [2.45, 2.75) is 12.7 Å². The molecule has 0 saturated carbocycles. The minimum Gasteiger partial charge on any atom is -0.310 e. The van der Waals surface area contributed by atoms with E-state index in [2.05, 4.69) is 31.3 Å². The molecule has 25 heavy (non-hydrogen) atoms. The van der Waals surface area contributed by atoms with Crippen LogP contribution in [-0.4, -0.2) is 26.4 Å². The fraction of sp³-hybridized carbons (Fsp3) is 0.167. The molecule has 128 valence electrons. The second-order valence-electron chi connectivity index (χ2n) is 5.46. The van der Waals surface area contributed by atoms with Gasteiger partial charge in [0.25, 0.3) is 0 Å². The number of aromatic nitrogens is 3. The number of rotatable bonds is 6. The van der Waals surface area contributed by atoms with Crippen LogP contribution in [0, 0.1) is 6.92 Å². The Balaban J connectivity index is 1.63. The highest BCUT2D eigenvalue weighted by Gasteiger charge is 2.11. The van der Waals surface area contributed by atoms with Crippen LogP contribution in [0.3, 0.4) is 0 Å². The summed E-state index contributed by atoms with van der Waals surface area (Å²) in [4.78, 5) is 16.3. The molecule has 1 aromatic carbocycles. The molecule has 3 rings (SSSR count). The van der Waals surface area contributed by atoms with Gasteiger partial charge in [-0.15, -0.1) is 11.8 Å². The topological polar surface area (TPSA) is 59.8 Å². The highest BCUT2D eigenvalue weighted by molar-refractivity contribution is 9.10. The van der Waals surface area contributed by atoms with Gasteiger partial charge in [-0.1, -0.05) is 28.1 Å². The number of amides is 1. The lowest BCUT2D eigenvalue weighted by molar-refractivity contribution is -0.113. The molecule has 1 N–H and O–H groups in total. The number of anilines is 1. The third-order valence-corrected chi connectivity index (χ3v) is 4.87. The molecule has 0 aliphatic rings. The highest BCUT2D eigenvalue weighted by atomic mass is 79.9. The molecule has 0 spiro atoms. The molecular weight excluding hydrogens is 400 g/mol. The molecule has 0 saturated heterocycles. The van der Waals surface area contributed by atoms with Crippen LogP contribution in [0.15, 0.2) is 59.3 Å². The number of carbonyl (C=O) groups is 1. The summed E-state index contributed by atoms with van der Waals surface area (Å²) >= 11 is 5.02. The van der Waals surface area contributed by atoms with Gasteiger partial charge in [0.05, 0.1) is 17.1 Å². The molecule has 5 nitrogen and oxygen atoms in total. The van der Waals surface area contributed by atoms with E-state index in [0.29, 0.717) is 11.6 Å². The Bertz CT molecular complexity index is 867. The van der Waals surface area contributed by atoms with Crippen LogP contribution in [-0.2, 0) is 10.5 Å². The van der Waals surface area contributed by atoms with Gasteiger partial charge in [0.2, 0.25) is 5.91 Å². The summed E-state index contributed by atoms with van der Waals surface area (Å²) in [5, 5.41) is 7.41. The van der Waals surface area contributed by atoms with E-state index in [1.54, 1.807) is 22.6 Å². The van der Waals surface area contributed by atoms with E-state index in [4.69, 9.17) is 0 Å². The number of nitrogens with zero attached hydrogens (tertiary/aromatic N) is 3. The van der Waals surface area contributed by atoms with Crippen molar-refractivity contribution in [1.82, 2.24) is 14.8 Å². The zero-order valence-electron chi connectivity index (χ0n) is 13.6. The van der Waals surface area contributed by atoms with Gasteiger partial charge in [-0.05, 0) is 36.8 Å². The molecule has 0 atom stereocenters. The predicted octanol–water partition coefficient (Wildman–Crippen LogP) is 4.21. The highest BCUT2D eigenvalue weighted by Crippen LogP contribution is 2.21. The van der Waals surface area contributed by atoms with Crippen molar-refractivity contribution < 1.29 is 4.79 Å². The standard InChI is InChI=1S/C18H17BrN4OS/c1-13-8-17(23(22-13)16-6-2-5-15(19)9-16)21-18(24)12-25-11-14-4-3-7-20-10-14/h2-10H,11-12H2,1H3,(H,21,24). The Hall–Kier alpha value is -2.12. The zero-order chi connectivity index (χ0) is 17.6. The van der Waals surface area contributed by atoms with Crippen LogP contribution >= 0.6 is 27.7 Å². The average Bonchev–Trinajstić information content (AvgIpc) is 2.96. The van der Waals surface area contributed by atoms with Crippen LogP contribution in [0.2, 0.25) is 0 Å². The fourth-order valence-corrected chi connectivity index (χ4v) is 3.47. The second-order valence-corrected chi connectivity index (χ2v) is 7.37. The molecule has 1 amide bonds. The minimum atomic E-state index is -0.0509. The first-order valence-electron chi connectivity index (χ1n) is 7.71. The number of benzene rings is 1. The Morgan fingerprint density at radius 3 is 2.92 bits per heavy atom. The van der Waals surface area contributed by atoms with Gasteiger partial charge in [0, 0.05) is 28.7 Å². The number of halogens is 1. The molecule has 0 aliphatic heterocycles. The SMILES string of the molecule is Cc1cc(NC(=O)CSCc2cccnc2)n(-c2cccc(Br)c2)n1. The maximum absolute atomic E-state index is 12.3. The molecule has 0 fully saturated rings. The molecule has 0 bridgehead atoms. The average molecular weight is 417 g/mol. The molecule has 2 aromatic heterocycles. The summed E-state index contributed by atoms with van der Waals surface area (Å²) in [5.41, 5.74) is 2.84. The quantitative estimate of drug-likeness (QED) is 0.653. The Morgan fingerprint density at radius 1 is 1.28 bits per heavy atom. The summed E-state index contributed by atoms with van der Waals surface area (Å²) in [7, 11) is 0. The van der Waals surface area contributed by atoms with Crippen LogP contribution in [0.5, 0.6) is 0 Å². The maximum atomic E-state index is 12.3. The number of pyridine rings is 1. The second kappa shape index (κ2) is 8.31. The van der Waals surface area contributed by atoms with Gasteiger partial charge in [0.15, 0.2) is 0 Å². The molecule has 3 aromatic rings. The van der Waals surface area contributed by atoms with E-state index in [0.717, 1.165) is 27.2 Å². The van der Waals surface area contributed by atoms with E-state index in [-0.39, 0.29) is 5.91 Å². The molecular formula is C18H17BrN4OS. The lowest BCUT2D eigenvalue weighted by Gasteiger charge is -2.09. The monoisotopic (exact) mass is 416 g/mol. The van der Waals surface area contributed by atoms with Crippen molar-refractivity contribution in [2.24, 2.45) is 0 Å². The van der Waals surface area contributed by atoms with Crippen molar-refractivity contribution in [1.29, 1.82) is 0 Å². The van der Waals surface area contributed by atoms with Crippen molar-refractivity contribution in [3.8, 4) is 5.69 Å². The van der Waals surface area contributed by atoms with Crippen LogP contribution in [0.1, 0.15) is 11.3 Å². The van der Waals surface area contributed by atoms with E-state index in [1.807, 2.05) is 55.6 Å². The van der Waals surface area contributed by atoms with Crippen molar-refractivity contribution in [3.63, 3.8) is 0 Å². The number of thioether (sulfide) groups is 1. The molecule has 0 unspecified atom stereocenters. The van der Waals surface area contributed by atoms with Gasteiger partial charge in [-0.2, -0.15) is 5.10 Å². The van der Waals surface area contributed by atoms with Crippen molar-refractivity contribution in [2.75, 3.05) is 11.1 Å². The first-order valence-corrected chi connectivity index (χ1v) is 9.66. The van der Waals surface area contributed by atoms with Gasteiger partial charge >= 0.3 is 0 Å². The first-order chi connectivity index (χ1) is 12.1. The predicted molar refractivity (Wildman–Crippen MR) is 105 cm³/mol. The number of aryl methyl sites for hydroxylation is 1. The summed E-state index contributed by atoms with van der Waals surface area (Å²) < 4.78 is 2.70. The van der Waals surface area contributed by atoms with Gasteiger partial charge in [-0.3, -0.25) is 9.78 Å². The third-order valence-electron chi connectivity index (χ3n) is 3.38. The summed E-state index contributed by atoms with van der Waals surface area (Å²) in [6.07, 6.45) is 3.56. The van der Waals surface area contributed by atoms with Gasteiger partial charge in [0.1, 0.15) is 5.82 Å². The largest absolute Gasteiger partial charge is 0.310 e. The molecule has 7 heteroatoms. The summed E-state index contributed by atoms with van der Waals surface area (Å²) in [6, 6.07) is 13.6. The smallest absolute Gasteiger partial charge is 0.235 e. The number of nitrogens with one attached hydrogen (secondary N) is 1. The zero-order valence-corrected chi connectivity index (χ0v) is 16.0. The lowest BCUT2D eigenvalue weighted by Crippen LogP contribution is -2.17. The van der Waals surface area contributed by atoms with E-state index in [1.165, 1.54) is 0 Å². The third kappa shape index (κ3) is 4.93. The lowest BCUT2D eigenvalue weighted by atomic mass is 10.3. The number of hydrogen-bond acceptors (Lipinski definition) is 4. The van der Waals surface area contributed by atoms with Crippen molar-refractivity contribution in [3.05, 3.63) is 70.6 Å². The number of carbonyl (C=O) groups excluding carboxylic acids is 1. The number of hydrogen-bond donors (Lipinski definition) is 1. The minimum absolute atomic E-state index is 0.0509. The van der Waals surface area contributed by atoms with E-state index in [9.17, 15) is 4.79 Å². The van der Waals surface area contributed by atoms with E-state index < -0.39 is 0 Å². The van der Waals surface area contributed by atoms with Crippen LogP contribution in [0.25, 0.3) is 5.69 Å². The first kappa shape index (κ1) is 17.7.